The summed E-state index contributed by atoms with van der Waals surface area (Å²) < 4.78 is 20.8. The van der Waals surface area contributed by atoms with E-state index in [-0.39, 0.29) is 11.3 Å². The maximum atomic E-state index is 14.4. The molecule has 4 saturated heterocycles. The molecule has 4 aromatic rings. The van der Waals surface area contributed by atoms with Gasteiger partial charge in [0.1, 0.15) is 24.3 Å². The Morgan fingerprint density at radius 3 is 2.95 bits per heavy atom. The van der Waals surface area contributed by atoms with Crippen LogP contribution in [0, 0.1) is 18.3 Å². The molecule has 4 aliphatic heterocycles. The highest BCUT2D eigenvalue weighted by atomic mass is 19.1. The third-order valence-corrected chi connectivity index (χ3v) is 9.98. The molecule has 4 fully saturated rings. The highest BCUT2D eigenvalue weighted by molar-refractivity contribution is 6.03. The second-order valence-corrected chi connectivity index (χ2v) is 12.5. The number of nitrogens with one attached hydrogen (secondary N) is 1. The molecule has 0 aliphatic carbocycles. The Labute approximate surface area is 244 Å². The molecule has 0 radical (unpaired) electrons. The van der Waals surface area contributed by atoms with Crippen molar-refractivity contribution in [2.45, 2.75) is 43.4 Å². The van der Waals surface area contributed by atoms with E-state index in [9.17, 15) is 9.50 Å². The number of phenolic OH excluding ortho intramolecular Hbond substituents is 1. The molecule has 0 unspecified atom stereocenters. The number of fused-ring (bicyclic) bond motifs is 4. The Morgan fingerprint density at radius 1 is 1.14 bits per heavy atom. The van der Waals surface area contributed by atoms with Gasteiger partial charge in [-0.15, -0.1) is 6.42 Å². The standard InChI is InChI=1S/C34H34FN5O2/c1-2-21-5-3-6-23-13-26(41)15-28(31(21)23)22-7-8-27-29(14-22)37-33(38-32(27)39-17-24-9-11-36-30(24)19-39)42-20-34-10-4-12-40(34)18-25(35)16-34/h1,3,5-8,13-15,24-25,30,36,41H,4,9-12,16-20H2/t24-,25-,30+,34+/m1/s1. The number of anilines is 1. The summed E-state index contributed by atoms with van der Waals surface area (Å²) >= 11 is 0. The van der Waals surface area contributed by atoms with Crippen LogP contribution >= 0.6 is 0 Å². The molecule has 0 spiro atoms. The van der Waals surface area contributed by atoms with Crippen LogP contribution in [0.2, 0.25) is 0 Å². The summed E-state index contributed by atoms with van der Waals surface area (Å²) in [6, 6.07) is 16.2. The minimum Gasteiger partial charge on any atom is -0.508 e. The first kappa shape index (κ1) is 25.8. The fourth-order valence-corrected chi connectivity index (χ4v) is 7.99. The zero-order chi connectivity index (χ0) is 28.4. The molecule has 0 amide bonds. The number of alkyl halides is 1. The first-order valence-electron chi connectivity index (χ1n) is 15.0. The van der Waals surface area contributed by atoms with E-state index in [1.807, 2.05) is 24.3 Å². The van der Waals surface area contributed by atoms with Crippen LogP contribution in [-0.4, -0.2) is 77.1 Å². The molecule has 1 aromatic heterocycles. The average molecular weight is 564 g/mol. The first-order valence-corrected chi connectivity index (χ1v) is 15.0. The maximum Gasteiger partial charge on any atom is 0.319 e. The van der Waals surface area contributed by atoms with Gasteiger partial charge >= 0.3 is 6.01 Å². The zero-order valence-corrected chi connectivity index (χ0v) is 23.5. The summed E-state index contributed by atoms with van der Waals surface area (Å²) in [6.07, 6.45) is 8.73. The fourth-order valence-electron chi connectivity index (χ4n) is 7.99. The van der Waals surface area contributed by atoms with Crippen molar-refractivity contribution >= 4 is 27.5 Å². The predicted octanol–water partition coefficient (Wildman–Crippen LogP) is 4.89. The third-order valence-electron chi connectivity index (χ3n) is 9.98. The van der Waals surface area contributed by atoms with Gasteiger partial charge in [-0.05, 0) is 85.1 Å². The van der Waals surface area contributed by atoms with Crippen molar-refractivity contribution in [2.75, 3.05) is 44.2 Å². The van der Waals surface area contributed by atoms with E-state index >= 15 is 0 Å². The molecule has 42 heavy (non-hydrogen) atoms. The average Bonchev–Trinajstić information content (AvgIpc) is 3.75. The van der Waals surface area contributed by atoms with Crippen molar-refractivity contribution in [3.05, 3.63) is 54.1 Å². The van der Waals surface area contributed by atoms with E-state index in [1.165, 1.54) is 6.42 Å². The van der Waals surface area contributed by atoms with Gasteiger partial charge in [0.2, 0.25) is 0 Å². The highest BCUT2D eigenvalue weighted by Crippen LogP contribution is 2.42. The Bertz CT molecular complexity index is 1740. The van der Waals surface area contributed by atoms with Gasteiger partial charge < -0.3 is 20.1 Å². The molecule has 8 heteroatoms. The summed E-state index contributed by atoms with van der Waals surface area (Å²) in [6.45, 7) is 4.68. The lowest BCUT2D eigenvalue weighted by Crippen LogP contribution is -2.43. The lowest BCUT2D eigenvalue weighted by molar-refractivity contribution is 0.107. The molecular weight excluding hydrogens is 529 g/mol. The van der Waals surface area contributed by atoms with Crippen LogP contribution in [0.1, 0.15) is 31.2 Å². The second-order valence-electron chi connectivity index (χ2n) is 12.5. The van der Waals surface area contributed by atoms with Gasteiger partial charge in [-0.3, -0.25) is 4.90 Å². The Hall–Kier alpha value is -3.93. The van der Waals surface area contributed by atoms with Crippen LogP contribution in [0.5, 0.6) is 11.8 Å². The van der Waals surface area contributed by atoms with Crippen molar-refractivity contribution in [3.8, 4) is 35.2 Å². The van der Waals surface area contributed by atoms with E-state index in [4.69, 9.17) is 21.1 Å². The first-order chi connectivity index (χ1) is 20.5. The molecule has 214 valence electrons. The molecular formula is C34H34FN5O2. The van der Waals surface area contributed by atoms with Gasteiger partial charge in [0.25, 0.3) is 0 Å². The van der Waals surface area contributed by atoms with E-state index in [0.717, 1.165) is 83.2 Å². The number of nitrogens with zero attached hydrogens (tertiary/aromatic N) is 4. The molecule has 0 bridgehead atoms. The predicted molar refractivity (Wildman–Crippen MR) is 163 cm³/mol. The monoisotopic (exact) mass is 563 g/mol. The molecule has 7 nitrogen and oxygen atoms in total. The molecule has 3 aromatic carbocycles. The number of hydrogen-bond donors (Lipinski definition) is 2. The van der Waals surface area contributed by atoms with Crippen molar-refractivity contribution in [1.82, 2.24) is 20.2 Å². The van der Waals surface area contributed by atoms with Gasteiger partial charge in [-0.2, -0.15) is 9.97 Å². The number of hydrogen-bond acceptors (Lipinski definition) is 7. The van der Waals surface area contributed by atoms with Crippen LogP contribution in [0.3, 0.4) is 0 Å². The van der Waals surface area contributed by atoms with Crippen LogP contribution < -0.4 is 15.0 Å². The molecule has 8 rings (SSSR count). The summed E-state index contributed by atoms with van der Waals surface area (Å²) in [5.74, 6) is 4.46. The summed E-state index contributed by atoms with van der Waals surface area (Å²) in [4.78, 5) is 14.5. The van der Waals surface area contributed by atoms with Crippen molar-refractivity contribution in [1.29, 1.82) is 0 Å². The fraction of sp³-hybridized carbons (Fsp3) is 0.412. The molecule has 0 saturated carbocycles. The largest absolute Gasteiger partial charge is 0.508 e. The molecule has 4 aliphatic rings. The third kappa shape index (κ3) is 4.18. The number of aromatic nitrogens is 2. The molecule has 5 heterocycles. The van der Waals surface area contributed by atoms with E-state index in [1.54, 1.807) is 12.1 Å². The number of halogens is 1. The van der Waals surface area contributed by atoms with Gasteiger partial charge in [0.15, 0.2) is 0 Å². The van der Waals surface area contributed by atoms with E-state index in [2.05, 4.69) is 33.2 Å². The minimum atomic E-state index is -0.814. The summed E-state index contributed by atoms with van der Waals surface area (Å²) in [5, 5.41) is 17.0. The lowest BCUT2D eigenvalue weighted by atomic mass is 9.94. The Balaban J connectivity index is 1.23. The SMILES string of the molecule is C#Cc1cccc2cc(O)cc(-c3ccc4c(N5C[C@H]6CCN[C@H]6C5)nc(OC[C@@]56CCCN5C[C@H](F)C6)nc4c3)c12. The van der Waals surface area contributed by atoms with Crippen LogP contribution in [0.15, 0.2) is 48.5 Å². The van der Waals surface area contributed by atoms with Crippen molar-refractivity contribution in [3.63, 3.8) is 0 Å². The number of aromatic hydroxyl groups is 1. The van der Waals surface area contributed by atoms with E-state index in [0.29, 0.717) is 37.5 Å². The van der Waals surface area contributed by atoms with Gasteiger partial charge in [0, 0.05) is 48.4 Å². The van der Waals surface area contributed by atoms with E-state index < -0.39 is 6.17 Å². The smallest absolute Gasteiger partial charge is 0.319 e. The minimum absolute atomic E-state index is 0.179. The topological polar surface area (TPSA) is 73.8 Å². The van der Waals surface area contributed by atoms with Gasteiger partial charge in [0.05, 0.1) is 11.1 Å². The summed E-state index contributed by atoms with van der Waals surface area (Å²) in [5.41, 5.74) is 3.01. The van der Waals surface area contributed by atoms with Crippen molar-refractivity contribution in [2.24, 2.45) is 5.92 Å². The number of terminal acetylenes is 1. The van der Waals surface area contributed by atoms with Crippen LogP contribution in [0.25, 0.3) is 32.8 Å². The highest BCUT2D eigenvalue weighted by Gasteiger charge is 2.49. The number of ether oxygens (including phenoxy) is 1. The maximum absolute atomic E-state index is 14.4. The van der Waals surface area contributed by atoms with Crippen LogP contribution in [-0.2, 0) is 0 Å². The zero-order valence-electron chi connectivity index (χ0n) is 23.5. The molecule has 4 atom stereocenters. The van der Waals surface area contributed by atoms with Gasteiger partial charge in [-0.25, -0.2) is 4.39 Å². The molecule has 2 N–H and O–H groups in total. The van der Waals surface area contributed by atoms with Crippen LogP contribution in [0.4, 0.5) is 10.2 Å². The number of phenols is 1. The Kier molecular flexibility index (Phi) is 6.02. The second kappa shape index (κ2) is 9.82. The number of rotatable bonds is 5. The van der Waals surface area contributed by atoms with Gasteiger partial charge in [-0.1, -0.05) is 24.1 Å². The number of benzene rings is 3. The lowest BCUT2D eigenvalue weighted by Gasteiger charge is -2.31. The summed E-state index contributed by atoms with van der Waals surface area (Å²) in [7, 11) is 0. The quantitative estimate of drug-likeness (QED) is 0.335. The van der Waals surface area contributed by atoms with Crippen molar-refractivity contribution < 1.29 is 14.2 Å². The normalized spacial score (nSPS) is 27.0. The Morgan fingerprint density at radius 2 is 2.07 bits per heavy atom.